The van der Waals surface area contributed by atoms with E-state index >= 15 is 0 Å². The molecule has 2 aliphatic heterocycles. The lowest BCUT2D eigenvalue weighted by Crippen LogP contribution is -2.45. The molecule has 1 unspecified atom stereocenters. The van der Waals surface area contributed by atoms with Crippen molar-refractivity contribution in [2.45, 2.75) is 38.5 Å². The molecular weight excluding hydrogens is 434 g/mol. The van der Waals surface area contributed by atoms with Crippen LogP contribution >= 0.6 is 0 Å². The number of likely N-dealkylation sites (tertiary alicyclic amines) is 1. The second kappa shape index (κ2) is 9.36. The van der Waals surface area contributed by atoms with Crippen molar-refractivity contribution in [3.05, 3.63) is 76.7 Å². The van der Waals surface area contributed by atoms with Gasteiger partial charge in [0.1, 0.15) is 6.61 Å². The average Bonchev–Trinajstić information content (AvgIpc) is 3.51. The molecule has 1 fully saturated rings. The van der Waals surface area contributed by atoms with Crippen molar-refractivity contribution >= 4 is 11.9 Å². The maximum Gasteiger partial charge on any atom is 0.338 e. The third kappa shape index (κ3) is 4.44. The molecule has 9 heteroatoms. The van der Waals surface area contributed by atoms with Gasteiger partial charge in [0.25, 0.3) is 5.91 Å². The highest BCUT2D eigenvalue weighted by molar-refractivity contribution is 5.94. The number of nitrogens with zero attached hydrogens (tertiary/aromatic N) is 4. The van der Waals surface area contributed by atoms with E-state index in [1.165, 1.54) is 0 Å². The quantitative estimate of drug-likeness (QED) is 0.542. The molecule has 9 nitrogen and oxygen atoms in total. The van der Waals surface area contributed by atoms with Crippen molar-refractivity contribution in [1.29, 1.82) is 0 Å². The molecule has 176 valence electrons. The maximum atomic E-state index is 12.6. The molecule has 4 heterocycles. The summed E-state index contributed by atoms with van der Waals surface area (Å²) in [6.07, 6.45) is 6.01. The normalized spacial score (nSPS) is 17.3. The van der Waals surface area contributed by atoms with E-state index in [-0.39, 0.29) is 24.5 Å². The molecule has 0 spiro atoms. The van der Waals surface area contributed by atoms with Crippen LogP contribution in [0.3, 0.4) is 0 Å². The third-order valence-electron chi connectivity index (χ3n) is 6.67. The van der Waals surface area contributed by atoms with E-state index in [4.69, 9.17) is 4.74 Å². The molecule has 0 radical (unpaired) electrons. The van der Waals surface area contributed by atoms with Crippen LogP contribution in [-0.2, 0) is 11.3 Å². The monoisotopic (exact) mass is 461 g/mol. The number of carbonyl (C=O) groups is 2. The topological polar surface area (TPSA) is 110 Å². The van der Waals surface area contributed by atoms with E-state index in [0.29, 0.717) is 23.5 Å². The minimum atomic E-state index is -0.647. The lowest BCUT2D eigenvalue weighted by Gasteiger charge is -2.33. The Balaban J connectivity index is 1.13. The highest BCUT2D eigenvalue weighted by Crippen LogP contribution is 2.29. The van der Waals surface area contributed by atoms with Crippen LogP contribution in [0.2, 0.25) is 0 Å². The molecule has 1 amide bonds. The third-order valence-corrected chi connectivity index (χ3v) is 6.67. The summed E-state index contributed by atoms with van der Waals surface area (Å²) in [7, 11) is 0. The molecular formula is C25H27N5O4. The second-order valence-corrected chi connectivity index (χ2v) is 8.80. The Morgan fingerprint density at radius 1 is 1.26 bits per heavy atom. The molecule has 2 N–H and O–H groups in total. The lowest BCUT2D eigenvalue weighted by molar-refractivity contribution is 0.0534. The van der Waals surface area contributed by atoms with Gasteiger partial charge in [0.15, 0.2) is 5.82 Å². The number of nitrogens with one attached hydrogen (secondary N) is 1. The number of carbonyl (C=O) groups excluding carboxylic acids is 2. The van der Waals surface area contributed by atoms with Gasteiger partial charge in [0.2, 0.25) is 0 Å². The number of piperidine rings is 1. The number of β-amino-alcohol motifs (C(OH)–C–C–N with tert-alkyl or cyclic N) is 1. The van der Waals surface area contributed by atoms with Crippen LogP contribution in [-0.4, -0.2) is 62.3 Å². The number of ether oxygens (including phenoxy) is 1. The van der Waals surface area contributed by atoms with E-state index in [2.05, 4.69) is 20.3 Å². The highest BCUT2D eigenvalue weighted by Gasteiger charge is 2.27. The smallest absolute Gasteiger partial charge is 0.338 e. The summed E-state index contributed by atoms with van der Waals surface area (Å²) in [6, 6.07) is 8.99. The van der Waals surface area contributed by atoms with Crippen LogP contribution in [0.25, 0.3) is 5.82 Å². The zero-order valence-electron chi connectivity index (χ0n) is 19.0. The number of aliphatic hydroxyl groups excluding tert-OH is 1. The number of hydrogen-bond acceptors (Lipinski definition) is 7. The van der Waals surface area contributed by atoms with Gasteiger partial charge in [-0.1, -0.05) is 6.07 Å². The Labute approximate surface area is 197 Å². The Morgan fingerprint density at radius 2 is 2.09 bits per heavy atom. The largest absolute Gasteiger partial charge is 0.457 e. The van der Waals surface area contributed by atoms with Crippen LogP contribution < -0.4 is 5.32 Å². The van der Waals surface area contributed by atoms with Crippen molar-refractivity contribution in [3.63, 3.8) is 0 Å². The molecule has 3 aromatic rings. The van der Waals surface area contributed by atoms with Gasteiger partial charge in [0.05, 0.1) is 17.2 Å². The molecule has 1 atom stereocenters. The highest BCUT2D eigenvalue weighted by atomic mass is 16.5. The van der Waals surface area contributed by atoms with Gasteiger partial charge in [-0.15, -0.1) is 0 Å². The SMILES string of the molecule is Cc1c(C(O)CN2CCC(NC(=O)c3ccc(-n4cccn4)nc3)CC2)ccc2c1COC2=O. The Kier molecular flexibility index (Phi) is 6.12. The molecule has 0 saturated carbocycles. The summed E-state index contributed by atoms with van der Waals surface area (Å²) in [5.74, 6) is 0.225. The number of aromatic nitrogens is 3. The summed E-state index contributed by atoms with van der Waals surface area (Å²) in [5.41, 5.74) is 3.73. The van der Waals surface area contributed by atoms with E-state index in [9.17, 15) is 14.7 Å². The summed E-state index contributed by atoms with van der Waals surface area (Å²) < 4.78 is 6.76. The predicted octanol–water partition coefficient (Wildman–Crippen LogP) is 2.17. The number of esters is 1. The number of hydrogen-bond donors (Lipinski definition) is 2. The average molecular weight is 462 g/mol. The minimum Gasteiger partial charge on any atom is -0.457 e. The number of rotatable bonds is 6. The van der Waals surface area contributed by atoms with E-state index in [0.717, 1.165) is 42.6 Å². The molecule has 0 aliphatic carbocycles. The summed E-state index contributed by atoms with van der Waals surface area (Å²) in [6.45, 7) is 4.27. The first-order valence-corrected chi connectivity index (χ1v) is 11.5. The summed E-state index contributed by atoms with van der Waals surface area (Å²) in [5, 5.41) is 18.1. The number of fused-ring (bicyclic) bond motifs is 1. The van der Waals surface area contributed by atoms with Crippen LogP contribution in [0.5, 0.6) is 0 Å². The number of amides is 1. The molecule has 1 aromatic carbocycles. The van der Waals surface area contributed by atoms with Crippen molar-refractivity contribution in [3.8, 4) is 5.82 Å². The number of pyridine rings is 1. The number of cyclic esters (lactones) is 1. The molecule has 34 heavy (non-hydrogen) atoms. The van der Waals surface area contributed by atoms with E-state index < -0.39 is 6.10 Å². The van der Waals surface area contributed by atoms with Crippen LogP contribution in [0, 0.1) is 6.92 Å². The van der Waals surface area contributed by atoms with Crippen molar-refractivity contribution < 1.29 is 19.4 Å². The number of aliphatic hydroxyl groups is 1. The fourth-order valence-electron chi connectivity index (χ4n) is 4.66. The molecule has 5 rings (SSSR count). The zero-order chi connectivity index (χ0) is 23.7. The van der Waals surface area contributed by atoms with Crippen LogP contribution in [0.1, 0.15) is 56.4 Å². The van der Waals surface area contributed by atoms with Crippen molar-refractivity contribution in [1.82, 2.24) is 25.0 Å². The lowest BCUT2D eigenvalue weighted by atomic mass is 9.94. The molecule has 2 aromatic heterocycles. The fraction of sp³-hybridized carbons (Fsp3) is 0.360. The van der Waals surface area contributed by atoms with Gasteiger partial charge in [-0.05, 0) is 55.2 Å². The summed E-state index contributed by atoms with van der Waals surface area (Å²) in [4.78, 5) is 30.9. The predicted molar refractivity (Wildman–Crippen MR) is 124 cm³/mol. The van der Waals surface area contributed by atoms with Gasteiger partial charge in [-0.25, -0.2) is 14.5 Å². The van der Waals surface area contributed by atoms with Crippen LogP contribution in [0.4, 0.5) is 0 Å². The first kappa shape index (κ1) is 22.2. The molecule has 1 saturated heterocycles. The van der Waals surface area contributed by atoms with Crippen molar-refractivity contribution in [2.24, 2.45) is 0 Å². The number of benzene rings is 1. The van der Waals surface area contributed by atoms with E-state index in [1.807, 2.05) is 19.1 Å². The Hall–Kier alpha value is -3.56. The van der Waals surface area contributed by atoms with Crippen LogP contribution in [0.15, 0.2) is 48.9 Å². The minimum absolute atomic E-state index is 0.0802. The molecule has 0 bridgehead atoms. The van der Waals surface area contributed by atoms with Gasteiger partial charge >= 0.3 is 5.97 Å². The first-order chi connectivity index (χ1) is 16.5. The Bertz CT molecular complexity index is 1180. The van der Waals surface area contributed by atoms with Gasteiger partial charge in [-0.2, -0.15) is 5.10 Å². The maximum absolute atomic E-state index is 12.6. The Morgan fingerprint density at radius 3 is 2.79 bits per heavy atom. The van der Waals surface area contributed by atoms with Crippen molar-refractivity contribution in [2.75, 3.05) is 19.6 Å². The van der Waals surface area contributed by atoms with Gasteiger partial charge < -0.3 is 20.1 Å². The van der Waals surface area contributed by atoms with E-state index in [1.54, 1.807) is 41.5 Å². The van der Waals surface area contributed by atoms with Gasteiger partial charge in [-0.3, -0.25) is 4.79 Å². The standard InChI is InChI=1S/C25H27N5O4/c1-16-19(4-5-20-21(16)15-34-25(20)33)22(31)14-29-11-7-18(8-12-29)28-24(32)17-3-6-23(26-13-17)30-10-2-9-27-30/h2-6,9-10,13,18,22,31H,7-8,11-12,14-15H2,1H3,(H,28,32). The summed E-state index contributed by atoms with van der Waals surface area (Å²) >= 11 is 0. The first-order valence-electron chi connectivity index (χ1n) is 11.5. The molecule has 2 aliphatic rings. The second-order valence-electron chi connectivity index (χ2n) is 8.80. The van der Waals surface area contributed by atoms with Gasteiger partial charge in [0, 0.05) is 49.8 Å². The fourth-order valence-corrected chi connectivity index (χ4v) is 4.66. The zero-order valence-corrected chi connectivity index (χ0v) is 19.0.